The number of carbonyl (C=O) groups is 1. The second-order valence-corrected chi connectivity index (χ2v) is 6.89. The standard InChI is InChI=1S/C18H42N6O2/c1-2-3-4-5-6-7-8-9-10-11-12-18(21,17(25)26)24(22-15-13-19)23-16-14-20/h22-23H,2-16,19-21H2,1H3,(H,25,26). The molecule has 0 bridgehead atoms. The van der Waals surface area contributed by atoms with Crippen LogP contribution in [0.1, 0.15) is 77.6 Å². The Balaban J connectivity index is 4.19. The molecular weight excluding hydrogens is 332 g/mol. The van der Waals surface area contributed by atoms with Crippen LogP contribution >= 0.6 is 0 Å². The van der Waals surface area contributed by atoms with Crippen molar-refractivity contribution in [2.24, 2.45) is 17.2 Å². The highest BCUT2D eigenvalue weighted by Crippen LogP contribution is 2.17. The van der Waals surface area contributed by atoms with Crippen molar-refractivity contribution in [2.75, 3.05) is 26.2 Å². The maximum Gasteiger partial charge on any atom is 0.341 e. The summed E-state index contributed by atoms with van der Waals surface area (Å²) in [7, 11) is 0. The first kappa shape index (κ1) is 25.2. The van der Waals surface area contributed by atoms with E-state index in [9.17, 15) is 9.90 Å². The van der Waals surface area contributed by atoms with Gasteiger partial charge in [-0.05, 0) is 12.8 Å². The van der Waals surface area contributed by atoms with Crippen molar-refractivity contribution >= 4 is 5.97 Å². The van der Waals surface area contributed by atoms with E-state index in [1.807, 2.05) is 0 Å². The van der Waals surface area contributed by atoms with E-state index < -0.39 is 11.6 Å². The summed E-state index contributed by atoms with van der Waals surface area (Å²) in [5.74, 6) is -1.07. The van der Waals surface area contributed by atoms with E-state index in [0.29, 0.717) is 32.6 Å². The molecule has 0 heterocycles. The molecule has 8 heteroatoms. The summed E-state index contributed by atoms with van der Waals surface area (Å²) in [6.45, 7) is 3.86. The quantitative estimate of drug-likeness (QED) is 0.113. The van der Waals surface area contributed by atoms with Crippen molar-refractivity contribution in [3.8, 4) is 0 Å². The number of unbranched alkanes of at least 4 members (excludes halogenated alkanes) is 9. The van der Waals surface area contributed by atoms with Crippen LogP contribution in [0.4, 0.5) is 0 Å². The number of carboxylic acids is 1. The minimum Gasteiger partial charge on any atom is -0.479 e. The highest BCUT2D eigenvalue weighted by Gasteiger charge is 2.40. The normalized spacial score (nSPS) is 13.9. The van der Waals surface area contributed by atoms with Crippen molar-refractivity contribution in [3.63, 3.8) is 0 Å². The van der Waals surface area contributed by atoms with Crippen LogP contribution in [0, 0.1) is 0 Å². The summed E-state index contributed by atoms with van der Waals surface area (Å²) in [6.07, 6.45) is 12.3. The third kappa shape index (κ3) is 11.1. The van der Waals surface area contributed by atoms with Crippen LogP contribution in [0.25, 0.3) is 0 Å². The van der Waals surface area contributed by atoms with E-state index in [2.05, 4.69) is 17.8 Å². The zero-order chi connectivity index (χ0) is 19.7. The van der Waals surface area contributed by atoms with Crippen LogP contribution in [0.15, 0.2) is 0 Å². The molecular formula is C18H42N6O2. The Morgan fingerprint density at radius 3 is 1.69 bits per heavy atom. The van der Waals surface area contributed by atoms with Crippen molar-refractivity contribution < 1.29 is 9.90 Å². The van der Waals surface area contributed by atoms with E-state index >= 15 is 0 Å². The van der Waals surface area contributed by atoms with Gasteiger partial charge in [-0.3, -0.25) is 0 Å². The lowest BCUT2D eigenvalue weighted by Crippen LogP contribution is -2.71. The van der Waals surface area contributed by atoms with Gasteiger partial charge in [-0.1, -0.05) is 64.7 Å². The fourth-order valence-corrected chi connectivity index (χ4v) is 2.89. The Hall–Kier alpha value is -0.770. The number of nitrogens with two attached hydrogens (primary N) is 3. The van der Waals surface area contributed by atoms with Crippen molar-refractivity contribution in [1.29, 1.82) is 0 Å². The van der Waals surface area contributed by atoms with Gasteiger partial charge in [-0.2, -0.15) is 0 Å². The Morgan fingerprint density at radius 2 is 1.31 bits per heavy atom. The summed E-state index contributed by atoms with van der Waals surface area (Å²) >= 11 is 0. The van der Waals surface area contributed by atoms with Gasteiger partial charge < -0.3 is 22.3 Å². The second kappa shape index (κ2) is 16.4. The Labute approximate surface area is 159 Å². The fourth-order valence-electron chi connectivity index (χ4n) is 2.89. The van der Waals surface area contributed by atoms with Crippen molar-refractivity contribution in [2.45, 2.75) is 83.2 Å². The molecule has 8 nitrogen and oxygen atoms in total. The Morgan fingerprint density at radius 1 is 0.885 bits per heavy atom. The minimum absolute atomic E-state index is 0.355. The first-order valence-corrected chi connectivity index (χ1v) is 10.2. The summed E-state index contributed by atoms with van der Waals surface area (Å²) in [4.78, 5) is 11.8. The smallest absolute Gasteiger partial charge is 0.341 e. The molecule has 0 fully saturated rings. The summed E-state index contributed by atoms with van der Waals surface area (Å²) in [6, 6.07) is 0. The summed E-state index contributed by atoms with van der Waals surface area (Å²) in [5, 5.41) is 11.0. The van der Waals surface area contributed by atoms with Crippen LogP contribution < -0.4 is 28.1 Å². The molecule has 0 aliphatic rings. The van der Waals surface area contributed by atoms with Crippen LogP contribution in [0.2, 0.25) is 0 Å². The molecule has 0 radical (unpaired) electrons. The predicted molar refractivity (Wildman–Crippen MR) is 107 cm³/mol. The van der Waals surface area contributed by atoms with Gasteiger partial charge >= 0.3 is 5.97 Å². The number of carboxylic acid groups (broad SMARTS) is 1. The van der Waals surface area contributed by atoms with Gasteiger partial charge in [0.1, 0.15) is 0 Å². The average Bonchev–Trinajstić information content (AvgIpc) is 2.63. The molecule has 26 heavy (non-hydrogen) atoms. The van der Waals surface area contributed by atoms with Crippen LogP contribution in [-0.4, -0.2) is 48.0 Å². The van der Waals surface area contributed by atoms with E-state index in [1.54, 1.807) is 0 Å². The highest BCUT2D eigenvalue weighted by molar-refractivity contribution is 5.77. The first-order valence-electron chi connectivity index (χ1n) is 10.2. The van der Waals surface area contributed by atoms with Crippen molar-refractivity contribution in [1.82, 2.24) is 16.0 Å². The minimum atomic E-state index is -1.52. The molecule has 0 spiro atoms. The van der Waals surface area contributed by atoms with Gasteiger partial charge in [0.15, 0.2) is 5.66 Å². The number of aliphatic carboxylic acids is 1. The molecule has 0 aliphatic heterocycles. The van der Waals surface area contributed by atoms with Crippen LogP contribution in [-0.2, 0) is 4.79 Å². The van der Waals surface area contributed by atoms with Gasteiger partial charge in [-0.15, -0.1) is 5.12 Å². The highest BCUT2D eigenvalue weighted by atomic mass is 16.4. The Bertz CT molecular complexity index is 338. The van der Waals surface area contributed by atoms with E-state index in [0.717, 1.165) is 19.3 Å². The zero-order valence-corrected chi connectivity index (χ0v) is 16.6. The number of rotatable bonds is 19. The lowest BCUT2D eigenvalue weighted by atomic mass is 10.0. The maximum absolute atomic E-state index is 11.8. The summed E-state index contributed by atoms with van der Waals surface area (Å²) < 4.78 is 0. The lowest BCUT2D eigenvalue weighted by Gasteiger charge is -2.37. The lowest BCUT2D eigenvalue weighted by molar-refractivity contribution is -0.159. The van der Waals surface area contributed by atoms with E-state index in [4.69, 9.17) is 17.2 Å². The number of hydrazine groups is 2. The van der Waals surface area contributed by atoms with Gasteiger partial charge in [0.2, 0.25) is 0 Å². The second-order valence-electron chi connectivity index (χ2n) is 6.89. The molecule has 1 atom stereocenters. The summed E-state index contributed by atoms with van der Waals surface area (Å²) in [5.41, 5.74) is 21.6. The van der Waals surface area contributed by atoms with Crippen LogP contribution in [0.3, 0.4) is 0 Å². The molecule has 0 aromatic rings. The molecule has 0 aliphatic carbocycles. The monoisotopic (exact) mass is 374 g/mol. The molecule has 9 N–H and O–H groups in total. The predicted octanol–water partition coefficient (Wildman–Crippen LogP) is 1.27. The fraction of sp³-hybridized carbons (Fsp3) is 0.944. The average molecular weight is 375 g/mol. The number of nitrogens with one attached hydrogen (secondary N) is 2. The Kier molecular flexibility index (Phi) is 15.9. The van der Waals surface area contributed by atoms with Gasteiger partial charge in [0.25, 0.3) is 0 Å². The van der Waals surface area contributed by atoms with Crippen molar-refractivity contribution in [3.05, 3.63) is 0 Å². The van der Waals surface area contributed by atoms with Gasteiger partial charge in [0, 0.05) is 26.2 Å². The van der Waals surface area contributed by atoms with Crippen LogP contribution in [0.5, 0.6) is 0 Å². The van der Waals surface area contributed by atoms with E-state index in [-0.39, 0.29) is 0 Å². The zero-order valence-electron chi connectivity index (χ0n) is 16.6. The molecule has 0 saturated carbocycles. The molecule has 0 amide bonds. The molecule has 0 aromatic carbocycles. The molecule has 0 saturated heterocycles. The number of hydrogen-bond acceptors (Lipinski definition) is 7. The van der Waals surface area contributed by atoms with Gasteiger partial charge in [-0.25, -0.2) is 15.6 Å². The topological polar surface area (TPSA) is 143 Å². The maximum atomic E-state index is 11.8. The molecule has 156 valence electrons. The molecule has 0 rings (SSSR count). The number of hydrogen-bond donors (Lipinski definition) is 6. The first-order chi connectivity index (χ1) is 12.5. The third-order valence-corrected chi connectivity index (χ3v) is 4.51. The van der Waals surface area contributed by atoms with E-state index in [1.165, 1.54) is 50.1 Å². The van der Waals surface area contributed by atoms with Gasteiger partial charge in [0.05, 0.1) is 0 Å². The largest absolute Gasteiger partial charge is 0.479 e. The SMILES string of the molecule is CCCCCCCCCCCCC(N)(C(=O)O)N(NCCN)NCCN. The molecule has 0 aromatic heterocycles. The third-order valence-electron chi connectivity index (χ3n) is 4.51. The molecule has 1 unspecified atom stereocenters. The number of nitrogens with zero attached hydrogens (tertiary/aromatic N) is 1.